The molecule has 0 saturated carbocycles. The number of ether oxygens (including phenoxy) is 1. The summed E-state index contributed by atoms with van der Waals surface area (Å²) in [6, 6.07) is 2.90. The lowest BCUT2D eigenvalue weighted by molar-refractivity contribution is 0.00609. The molecule has 2 fully saturated rings. The monoisotopic (exact) mass is 346 g/mol. The van der Waals surface area contributed by atoms with Crippen LogP contribution in [0.25, 0.3) is 0 Å². The van der Waals surface area contributed by atoms with Crippen molar-refractivity contribution in [3.05, 3.63) is 29.8 Å². The van der Waals surface area contributed by atoms with Crippen molar-refractivity contribution >= 4 is 10.0 Å². The van der Waals surface area contributed by atoms with Crippen molar-refractivity contribution in [2.45, 2.75) is 23.8 Å². The predicted octanol–water partition coefficient (Wildman–Crippen LogP) is 1.45. The summed E-state index contributed by atoms with van der Waals surface area (Å²) >= 11 is 0. The average Bonchev–Trinajstić information content (AvgIpc) is 2.55. The number of benzene rings is 1. The summed E-state index contributed by atoms with van der Waals surface area (Å²) in [6.45, 7) is 3.84. The number of hydrogen-bond acceptors (Lipinski definition) is 4. The van der Waals surface area contributed by atoms with Crippen LogP contribution >= 0.6 is 0 Å². The summed E-state index contributed by atoms with van der Waals surface area (Å²) in [7, 11) is -3.92. The second-order valence-electron chi connectivity index (χ2n) is 5.86. The van der Waals surface area contributed by atoms with Crippen molar-refractivity contribution in [3.8, 4) is 0 Å². The minimum Gasteiger partial charge on any atom is -0.379 e. The molecule has 0 atom stereocenters. The zero-order chi connectivity index (χ0) is 16.4. The summed E-state index contributed by atoms with van der Waals surface area (Å²) in [4.78, 5) is 1.87. The van der Waals surface area contributed by atoms with Crippen molar-refractivity contribution in [1.29, 1.82) is 0 Å². The van der Waals surface area contributed by atoms with E-state index in [1.54, 1.807) is 0 Å². The normalized spacial score (nSPS) is 22.3. The Labute approximate surface area is 134 Å². The highest BCUT2D eigenvalue weighted by Crippen LogP contribution is 2.25. The summed E-state index contributed by atoms with van der Waals surface area (Å²) in [5.41, 5.74) is 0. The Bertz CT molecular complexity index is 655. The molecule has 2 heterocycles. The van der Waals surface area contributed by atoms with E-state index in [0.717, 1.165) is 25.2 Å². The number of hydrogen-bond donors (Lipinski definition) is 0. The van der Waals surface area contributed by atoms with Gasteiger partial charge in [-0.3, -0.25) is 4.90 Å². The van der Waals surface area contributed by atoms with Crippen LogP contribution in [0.5, 0.6) is 0 Å². The number of morpholine rings is 1. The van der Waals surface area contributed by atoms with Crippen LogP contribution in [0.15, 0.2) is 23.1 Å². The van der Waals surface area contributed by atoms with E-state index in [1.165, 1.54) is 4.31 Å². The van der Waals surface area contributed by atoms with Gasteiger partial charge in [0, 0.05) is 38.3 Å². The third-order valence-electron chi connectivity index (χ3n) is 4.50. The van der Waals surface area contributed by atoms with Gasteiger partial charge in [0.2, 0.25) is 10.0 Å². The van der Waals surface area contributed by atoms with Crippen LogP contribution in [0.4, 0.5) is 8.78 Å². The van der Waals surface area contributed by atoms with E-state index in [0.29, 0.717) is 51.3 Å². The van der Waals surface area contributed by atoms with Gasteiger partial charge < -0.3 is 4.74 Å². The maximum atomic E-state index is 13.8. The minimum absolute atomic E-state index is 0.336. The maximum Gasteiger partial charge on any atom is 0.245 e. The van der Waals surface area contributed by atoms with E-state index in [9.17, 15) is 17.2 Å². The summed E-state index contributed by atoms with van der Waals surface area (Å²) in [5.74, 6) is -1.83. The van der Waals surface area contributed by atoms with Gasteiger partial charge in [0.15, 0.2) is 0 Å². The van der Waals surface area contributed by atoms with Gasteiger partial charge in [-0.2, -0.15) is 4.31 Å². The third kappa shape index (κ3) is 3.55. The number of rotatable bonds is 3. The van der Waals surface area contributed by atoms with Crippen LogP contribution in [0.3, 0.4) is 0 Å². The van der Waals surface area contributed by atoms with Gasteiger partial charge in [0.25, 0.3) is 0 Å². The molecule has 2 saturated heterocycles. The minimum atomic E-state index is -3.92. The molecule has 23 heavy (non-hydrogen) atoms. The fourth-order valence-electron chi connectivity index (χ4n) is 3.21. The van der Waals surface area contributed by atoms with Crippen LogP contribution in [0.2, 0.25) is 0 Å². The van der Waals surface area contributed by atoms with Crippen LogP contribution in [0.1, 0.15) is 12.8 Å². The first-order valence-corrected chi connectivity index (χ1v) is 9.19. The van der Waals surface area contributed by atoms with Crippen LogP contribution in [0, 0.1) is 11.6 Å². The molecule has 0 radical (unpaired) electrons. The lowest BCUT2D eigenvalue weighted by atomic mass is 10.0. The molecular weight excluding hydrogens is 326 g/mol. The number of piperidine rings is 1. The molecule has 0 aromatic heterocycles. The maximum absolute atomic E-state index is 13.8. The SMILES string of the molecule is O=S(=O)(c1ccc(F)cc1F)N1CCC(N2CCOCC2)CC1. The van der Waals surface area contributed by atoms with Gasteiger partial charge >= 0.3 is 0 Å². The van der Waals surface area contributed by atoms with E-state index < -0.39 is 26.6 Å². The van der Waals surface area contributed by atoms with Gasteiger partial charge in [0.1, 0.15) is 16.5 Å². The molecule has 0 N–H and O–H groups in total. The fourth-order valence-corrected chi connectivity index (χ4v) is 4.73. The van der Waals surface area contributed by atoms with Gasteiger partial charge in [0.05, 0.1) is 13.2 Å². The van der Waals surface area contributed by atoms with E-state index >= 15 is 0 Å². The van der Waals surface area contributed by atoms with Crippen molar-refractivity contribution in [1.82, 2.24) is 9.21 Å². The average molecular weight is 346 g/mol. The topological polar surface area (TPSA) is 49.9 Å². The van der Waals surface area contributed by atoms with Crippen molar-refractivity contribution in [2.75, 3.05) is 39.4 Å². The molecule has 2 aliphatic heterocycles. The van der Waals surface area contributed by atoms with E-state index in [4.69, 9.17) is 4.74 Å². The number of nitrogens with zero attached hydrogens (tertiary/aromatic N) is 2. The molecule has 0 unspecified atom stereocenters. The predicted molar refractivity (Wildman–Crippen MR) is 80.5 cm³/mol. The van der Waals surface area contributed by atoms with Crippen LogP contribution in [-0.2, 0) is 14.8 Å². The molecule has 0 amide bonds. The Morgan fingerprint density at radius 1 is 1.04 bits per heavy atom. The smallest absolute Gasteiger partial charge is 0.245 e. The van der Waals surface area contributed by atoms with Gasteiger partial charge in [-0.15, -0.1) is 0 Å². The molecule has 8 heteroatoms. The summed E-state index contributed by atoms with van der Waals surface area (Å²) in [6.07, 6.45) is 1.42. The highest BCUT2D eigenvalue weighted by atomic mass is 32.2. The quantitative estimate of drug-likeness (QED) is 0.831. The number of sulfonamides is 1. The Kier molecular flexibility index (Phi) is 4.96. The molecule has 1 aromatic rings. The van der Waals surface area contributed by atoms with E-state index in [2.05, 4.69) is 4.90 Å². The molecule has 5 nitrogen and oxygen atoms in total. The summed E-state index contributed by atoms with van der Waals surface area (Å²) in [5, 5.41) is 0. The lowest BCUT2D eigenvalue weighted by Gasteiger charge is -2.39. The van der Waals surface area contributed by atoms with Crippen molar-refractivity contribution < 1.29 is 21.9 Å². The van der Waals surface area contributed by atoms with E-state index in [-0.39, 0.29) is 0 Å². The van der Waals surface area contributed by atoms with Crippen LogP contribution < -0.4 is 0 Å². The zero-order valence-electron chi connectivity index (χ0n) is 12.7. The second kappa shape index (κ2) is 6.80. The molecule has 3 rings (SSSR count). The first kappa shape index (κ1) is 16.8. The van der Waals surface area contributed by atoms with E-state index in [1.807, 2.05) is 0 Å². The highest BCUT2D eigenvalue weighted by molar-refractivity contribution is 7.89. The first-order chi connectivity index (χ1) is 11.0. The Morgan fingerprint density at radius 3 is 2.30 bits per heavy atom. The summed E-state index contributed by atoms with van der Waals surface area (Å²) < 4.78 is 58.5. The van der Waals surface area contributed by atoms with Crippen molar-refractivity contribution in [2.24, 2.45) is 0 Å². The molecule has 0 spiro atoms. The molecule has 2 aliphatic rings. The molecular formula is C15H20F2N2O3S. The zero-order valence-corrected chi connectivity index (χ0v) is 13.6. The fraction of sp³-hybridized carbons (Fsp3) is 0.600. The van der Waals surface area contributed by atoms with Gasteiger partial charge in [-0.05, 0) is 25.0 Å². The van der Waals surface area contributed by atoms with Gasteiger partial charge in [-0.1, -0.05) is 0 Å². The number of halogens is 2. The van der Waals surface area contributed by atoms with Gasteiger partial charge in [-0.25, -0.2) is 17.2 Å². The second-order valence-corrected chi connectivity index (χ2v) is 7.76. The van der Waals surface area contributed by atoms with Crippen molar-refractivity contribution in [3.63, 3.8) is 0 Å². The molecule has 1 aromatic carbocycles. The third-order valence-corrected chi connectivity index (χ3v) is 6.43. The highest BCUT2D eigenvalue weighted by Gasteiger charge is 2.33. The molecule has 0 aliphatic carbocycles. The molecule has 128 valence electrons. The van der Waals surface area contributed by atoms with Crippen LogP contribution in [-0.4, -0.2) is 63.1 Å². The lowest BCUT2D eigenvalue weighted by Crippen LogP contribution is -2.50. The standard InChI is InChI=1S/C15H20F2N2O3S/c16-12-1-2-15(14(17)11-12)23(20,21)19-5-3-13(4-6-19)18-7-9-22-10-8-18/h1-2,11,13H,3-10H2. The largest absolute Gasteiger partial charge is 0.379 e. The Balaban J connectivity index is 1.68. The molecule has 0 bridgehead atoms. The Hall–Kier alpha value is -1.09. The first-order valence-electron chi connectivity index (χ1n) is 7.75. The Morgan fingerprint density at radius 2 is 1.70 bits per heavy atom.